The second-order valence-corrected chi connectivity index (χ2v) is 2.43. The molecule has 0 aliphatic heterocycles. The summed E-state index contributed by atoms with van der Waals surface area (Å²) in [5, 5.41) is 17.6. The zero-order valence-corrected chi connectivity index (χ0v) is 5.67. The molecular formula is C7H13O2. The Labute approximate surface area is 55.8 Å². The van der Waals surface area contributed by atoms with Gasteiger partial charge in [0.15, 0.2) is 0 Å². The molecule has 53 valence electrons. The van der Waals surface area contributed by atoms with Crippen LogP contribution in [-0.2, 0) is 0 Å². The Morgan fingerprint density at radius 1 is 1.67 bits per heavy atom. The van der Waals surface area contributed by atoms with E-state index >= 15 is 0 Å². The van der Waals surface area contributed by atoms with Gasteiger partial charge in [0.2, 0.25) is 0 Å². The largest absolute Gasteiger partial charge is 0.393 e. The van der Waals surface area contributed by atoms with Crippen LogP contribution in [0.4, 0.5) is 0 Å². The van der Waals surface area contributed by atoms with Gasteiger partial charge < -0.3 is 10.2 Å². The fraction of sp³-hybridized carbons (Fsp3) is 0.714. The molecule has 1 unspecified atom stereocenters. The van der Waals surface area contributed by atoms with Crippen LogP contribution in [0.15, 0.2) is 6.08 Å². The van der Waals surface area contributed by atoms with E-state index in [1.165, 1.54) is 6.08 Å². The molecule has 0 saturated carbocycles. The van der Waals surface area contributed by atoms with Gasteiger partial charge in [-0.1, -0.05) is 12.7 Å². The maximum atomic E-state index is 9.13. The Hall–Kier alpha value is -0.340. The lowest BCUT2D eigenvalue weighted by Gasteiger charge is -2.18. The summed E-state index contributed by atoms with van der Waals surface area (Å²) in [6.07, 6.45) is 2.62. The van der Waals surface area contributed by atoms with Crippen molar-refractivity contribution in [2.75, 3.05) is 6.61 Å². The minimum Gasteiger partial charge on any atom is -0.393 e. The van der Waals surface area contributed by atoms with Gasteiger partial charge in [0, 0.05) is 0 Å². The number of rotatable bonds is 4. The van der Waals surface area contributed by atoms with Gasteiger partial charge >= 0.3 is 0 Å². The monoisotopic (exact) mass is 129 g/mol. The molecule has 9 heavy (non-hydrogen) atoms. The van der Waals surface area contributed by atoms with Crippen LogP contribution in [0.3, 0.4) is 0 Å². The Balaban J connectivity index is 3.44. The molecular weight excluding hydrogens is 116 g/mol. The molecule has 0 heterocycles. The highest BCUT2D eigenvalue weighted by atomic mass is 16.3. The third kappa shape index (κ3) is 4.18. The van der Waals surface area contributed by atoms with Gasteiger partial charge in [-0.3, -0.25) is 0 Å². The van der Waals surface area contributed by atoms with E-state index in [-0.39, 0.29) is 6.61 Å². The van der Waals surface area contributed by atoms with E-state index in [2.05, 4.69) is 0 Å². The van der Waals surface area contributed by atoms with E-state index in [1.807, 2.05) is 0 Å². The fourth-order valence-corrected chi connectivity index (χ4v) is 0.473. The fourth-order valence-electron chi connectivity index (χ4n) is 0.473. The van der Waals surface area contributed by atoms with Gasteiger partial charge in [-0.2, -0.15) is 0 Å². The summed E-state index contributed by atoms with van der Waals surface area (Å²) in [5.41, 5.74) is -0.962. The predicted molar refractivity (Wildman–Crippen MR) is 35.8 cm³/mol. The second kappa shape index (κ2) is 3.64. The summed E-state index contributed by atoms with van der Waals surface area (Å²) < 4.78 is 0. The molecule has 0 aromatic rings. The van der Waals surface area contributed by atoms with Crippen molar-refractivity contribution in [1.82, 2.24) is 0 Å². The molecule has 2 nitrogen and oxygen atoms in total. The molecule has 2 heteroatoms. The first-order chi connectivity index (χ1) is 4.12. The van der Waals surface area contributed by atoms with Gasteiger partial charge in [0.05, 0.1) is 12.2 Å². The molecule has 0 aromatic carbocycles. The molecule has 0 saturated heterocycles. The van der Waals surface area contributed by atoms with Crippen LogP contribution >= 0.6 is 0 Å². The van der Waals surface area contributed by atoms with E-state index in [0.717, 1.165) is 0 Å². The zero-order valence-electron chi connectivity index (χ0n) is 5.67. The molecule has 0 aliphatic rings. The second-order valence-electron chi connectivity index (χ2n) is 2.43. The molecule has 0 aliphatic carbocycles. The highest BCUT2D eigenvalue weighted by Gasteiger charge is 2.16. The molecule has 0 fully saturated rings. The van der Waals surface area contributed by atoms with Crippen molar-refractivity contribution in [1.29, 1.82) is 0 Å². The number of hydrogen-bond acceptors (Lipinski definition) is 2. The summed E-state index contributed by atoms with van der Waals surface area (Å²) in [7, 11) is 0. The van der Waals surface area contributed by atoms with Crippen LogP contribution in [0.5, 0.6) is 0 Å². The van der Waals surface area contributed by atoms with Crippen molar-refractivity contribution in [2.45, 2.75) is 25.4 Å². The standard InChI is InChI=1S/C7H13O2/c1-3-4-5-7(2,9)6-8/h1,3,8-9H,4-6H2,2H3. The molecule has 2 N–H and O–H groups in total. The van der Waals surface area contributed by atoms with Crippen molar-refractivity contribution in [2.24, 2.45) is 0 Å². The SMILES string of the molecule is [CH]=CCCC(C)(O)CO. The van der Waals surface area contributed by atoms with Crippen LogP contribution in [0.1, 0.15) is 19.8 Å². The lowest BCUT2D eigenvalue weighted by Crippen LogP contribution is -2.28. The lowest BCUT2D eigenvalue weighted by molar-refractivity contribution is -0.00421. The van der Waals surface area contributed by atoms with E-state index < -0.39 is 5.60 Å². The maximum absolute atomic E-state index is 9.13. The van der Waals surface area contributed by atoms with Crippen molar-refractivity contribution < 1.29 is 10.2 Å². The smallest absolute Gasteiger partial charge is 0.0852 e. The molecule has 1 atom stereocenters. The predicted octanol–water partition coefficient (Wildman–Crippen LogP) is 0.499. The minimum absolute atomic E-state index is 0.208. The van der Waals surface area contributed by atoms with E-state index in [9.17, 15) is 0 Å². The van der Waals surface area contributed by atoms with E-state index in [0.29, 0.717) is 12.8 Å². The first kappa shape index (κ1) is 8.66. The molecule has 0 amide bonds. The Kier molecular flexibility index (Phi) is 3.50. The van der Waals surface area contributed by atoms with Crippen LogP contribution < -0.4 is 0 Å². The highest BCUT2D eigenvalue weighted by molar-refractivity contribution is 4.75. The van der Waals surface area contributed by atoms with Gasteiger partial charge in [0.1, 0.15) is 0 Å². The number of allylic oxidation sites excluding steroid dienone is 1. The molecule has 0 spiro atoms. The van der Waals surface area contributed by atoms with Crippen molar-refractivity contribution in [3.8, 4) is 0 Å². The summed E-state index contributed by atoms with van der Waals surface area (Å²) in [5.74, 6) is 0. The van der Waals surface area contributed by atoms with Gasteiger partial charge in [0.25, 0.3) is 0 Å². The van der Waals surface area contributed by atoms with Crippen LogP contribution in [0, 0.1) is 6.58 Å². The Bertz CT molecular complexity index is 86.9. The van der Waals surface area contributed by atoms with Gasteiger partial charge in [-0.05, 0) is 19.8 Å². The topological polar surface area (TPSA) is 40.5 Å². The van der Waals surface area contributed by atoms with Crippen LogP contribution in [0.2, 0.25) is 0 Å². The zero-order chi connectivity index (χ0) is 7.33. The molecule has 0 bridgehead atoms. The molecule has 1 radical (unpaired) electrons. The van der Waals surface area contributed by atoms with E-state index in [1.54, 1.807) is 6.92 Å². The number of hydrogen-bond donors (Lipinski definition) is 2. The summed E-state index contributed by atoms with van der Waals surface area (Å²) in [6.45, 7) is 6.45. The lowest BCUT2D eigenvalue weighted by atomic mass is 10.0. The normalized spacial score (nSPS) is 16.8. The first-order valence-electron chi connectivity index (χ1n) is 2.99. The molecule has 0 rings (SSSR count). The van der Waals surface area contributed by atoms with Crippen molar-refractivity contribution in [3.63, 3.8) is 0 Å². The maximum Gasteiger partial charge on any atom is 0.0852 e. The average molecular weight is 129 g/mol. The van der Waals surface area contributed by atoms with Crippen LogP contribution in [0.25, 0.3) is 0 Å². The summed E-state index contributed by atoms with van der Waals surface area (Å²) in [6, 6.07) is 0. The highest BCUT2D eigenvalue weighted by Crippen LogP contribution is 2.09. The number of aliphatic hydroxyl groups is 2. The van der Waals surface area contributed by atoms with E-state index in [4.69, 9.17) is 16.8 Å². The number of aliphatic hydroxyl groups excluding tert-OH is 1. The summed E-state index contributed by atoms with van der Waals surface area (Å²) >= 11 is 0. The summed E-state index contributed by atoms with van der Waals surface area (Å²) in [4.78, 5) is 0. The van der Waals surface area contributed by atoms with Gasteiger partial charge in [-0.15, -0.1) is 0 Å². The Morgan fingerprint density at radius 3 is 2.56 bits per heavy atom. The average Bonchev–Trinajstić information content (AvgIpc) is 1.84. The van der Waals surface area contributed by atoms with Crippen molar-refractivity contribution in [3.05, 3.63) is 12.7 Å². The first-order valence-corrected chi connectivity index (χ1v) is 2.99. The van der Waals surface area contributed by atoms with Gasteiger partial charge in [-0.25, -0.2) is 0 Å². The third-order valence-corrected chi connectivity index (χ3v) is 1.19. The van der Waals surface area contributed by atoms with Crippen LogP contribution in [-0.4, -0.2) is 22.4 Å². The Morgan fingerprint density at radius 2 is 2.22 bits per heavy atom. The minimum atomic E-state index is -0.962. The third-order valence-electron chi connectivity index (χ3n) is 1.19. The molecule has 0 aromatic heterocycles. The quantitative estimate of drug-likeness (QED) is 0.580. The van der Waals surface area contributed by atoms with Crippen molar-refractivity contribution >= 4 is 0 Å².